The van der Waals surface area contributed by atoms with Crippen LogP contribution in [0.4, 0.5) is 4.39 Å². The van der Waals surface area contributed by atoms with Gasteiger partial charge in [0.05, 0.1) is 11.2 Å². The first-order valence-corrected chi connectivity index (χ1v) is 7.73. The molecule has 0 bridgehead atoms. The summed E-state index contributed by atoms with van der Waals surface area (Å²) in [6.45, 7) is 0. The lowest BCUT2D eigenvalue weighted by atomic mass is 10.1. The molecule has 0 aliphatic carbocycles. The van der Waals surface area contributed by atoms with Gasteiger partial charge in [0, 0.05) is 22.2 Å². The number of aromatic nitrogens is 3. The van der Waals surface area contributed by atoms with Gasteiger partial charge in [0.1, 0.15) is 11.5 Å². The highest BCUT2D eigenvalue weighted by atomic mass is 35.5. The van der Waals surface area contributed by atoms with Crippen LogP contribution in [0.2, 0.25) is 5.02 Å². The summed E-state index contributed by atoms with van der Waals surface area (Å²) in [4.78, 5) is 13.4. The minimum atomic E-state index is -0.372. The van der Waals surface area contributed by atoms with Crippen molar-refractivity contribution in [3.63, 3.8) is 0 Å². The molecule has 4 aromatic rings. The molecule has 0 spiro atoms. The fourth-order valence-corrected chi connectivity index (χ4v) is 2.67. The van der Waals surface area contributed by atoms with E-state index in [1.54, 1.807) is 30.5 Å². The Kier molecular flexibility index (Phi) is 3.67. The van der Waals surface area contributed by atoms with Crippen molar-refractivity contribution < 1.29 is 4.39 Å². The maximum atomic E-state index is 14.1. The number of hydrogen-bond acceptors (Lipinski definition) is 3. The predicted octanol–water partition coefficient (Wildman–Crippen LogP) is 5.15. The molecule has 0 fully saturated rings. The van der Waals surface area contributed by atoms with E-state index in [2.05, 4.69) is 15.0 Å². The second-order valence-electron chi connectivity index (χ2n) is 5.28. The van der Waals surface area contributed by atoms with Crippen LogP contribution in [0.1, 0.15) is 0 Å². The van der Waals surface area contributed by atoms with Crippen LogP contribution in [-0.4, -0.2) is 15.0 Å². The van der Waals surface area contributed by atoms with Gasteiger partial charge in [-0.1, -0.05) is 35.9 Å². The number of pyridine rings is 1. The van der Waals surface area contributed by atoms with Gasteiger partial charge >= 0.3 is 0 Å². The summed E-state index contributed by atoms with van der Waals surface area (Å²) in [5.41, 5.74) is 2.26. The van der Waals surface area contributed by atoms with Crippen LogP contribution in [0.15, 0.2) is 66.9 Å². The summed E-state index contributed by atoms with van der Waals surface area (Å²) in [7, 11) is 0. The van der Waals surface area contributed by atoms with Crippen molar-refractivity contribution in [2.24, 2.45) is 0 Å². The normalized spacial score (nSPS) is 10.9. The second kappa shape index (κ2) is 5.98. The Bertz CT molecular complexity index is 1050. The molecule has 2 aromatic heterocycles. The number of hydrogen-bond donors (Lipinski definition) is 0. The molecule has 0 saturated heterocycles. The first-order valence-electron chi connectivity index (χ1n) is 7.35. The molecular formula is C19H11ClFN3. The zero-order chi connectivity index (χ0) is 16.5. The summed E-state index contributed by atoms with van der Waals surface area (Å²) < 4.78 is 14.1. The molecule has 4 rings (SSSR count). The molecule has 2 heterocycles. The van der Waals surface area contributed by atoms with E-state index in [-0.39, 0.29) is 5.82 Å². The molecular weight excluding hydrogens is 325 g/mol. The summed E-state index contributed by atoms with van der Waals surface area (Å²) in [5, 5.41) is 1.42. The minimum absolute atomic E-state index is 0.352. The number of para-hydroxylation sites is 1. The molecule has 0 atom stereocenters. The van der Waals surface area contributed by atoms with Crippen molar-refractivity contribution in [3.8, 4) is 22.8 Å². The quantitative estimate of drug-likeness (QED) is 0.508. The van der Waals surface area contributed by atoms with Crippen LogP contribution in [0, 0.1) is 5.82 Å². The Balaban J connectivity index is 1.83. The highest BCUT2D eigenvalue weighted by Crippen LogP contribution is 2.26. The highest BCUT2D eigenvalue weighted by Gasteiger charge is 2.10. The number of nitrogens with zero attached hydrogens (tertiary/aromatic N) is 3. The number of rotatable bonds is 2. The lowest BCUT2D eigenvalue weighted by Crippen LogP contribution is -1.95. The molecule has 0 aliphatic heterocycles. The molecule has 0 radical (unpaired) electrons. The van der Waals surface area contributed by atoms with Gasteiger partial charge in [0.15, 0.2) is 5.82 Å². The van der Waals surface area contributed by atoms with Crippen LogP contribution in [0.3, 0.4) is 0 Å². The Hall–Kier alpha value is -2.85. The zero-order valence-electron chi connectivity index (χ0n) is 12.4. The summed E-state index contributed by atoms with van der Waals surface area (Å²) in [6.07, 6.45) is 1.76. The fraction of sp³-hybridized carbons (Fsp3) is 0. The molecule has 0 amide bonds. The maximum Gasteiger partial charge on any atom is 0.178 e. The van der Waals surface area contributed by atoms with Crippen molar-refractivity contribution in [2.75, 3.05) is 0 Å². The van der Waals surface area contributed by atoms with E-state index in [0.29, 0.717) is 27.8 Å². The average Bonchev–Trinajstić information content (AvgIpc) is 2.63. The SMILES string of the molecule is Fc1ccc(Cl)cc1-c1cccc(-c2ncc3ccccc3n2)n1. The van der Waals surface area contributed by atoms with E-state index < -0.39 is 0 Å². The lowest BCUT2D eigenvalue weighted by Gasteiger charge is -2.06. The van der Waals surface area contributed by atoms with Crippen LogP contribution < -0.4 is 0 Å². The van der Waals surface area contributed by atoms with Crippen LogP contribution in [0.25, 0.3) is 33.7 Å². The van der Waals surface area contributed by atoms with E-state index in [4.69, 9.17) is 11.6 Å². The molecule has 0 unspecified atom stereocenters. The molecule has 0 aliphatic rings. The third-order valence-electron chi connectivity index (χ3n) is 3.67. The van der Waals surface area contributed by atoms with Crippen LogP contribution >= 0.6 is 11.6 Å². The largest absolute Gasteiger partial charge is 0.244 e. The smallest absolute Gasteiger partial charge is 0.178 e. The van der Waals surface area contributed by atoms with E-state index in [1.165, 1.54) is 12.1 Å². The Morgan fingerprint density at radius 2 is 1.67 bits per heavy atom. The Morgan fingerprint density at radius 3 is 2.58 bits per heavy atom. The Morgan fingerprint density at radius 1 is 0.833 bits per heavy atom. The van der Waals surface area contributed by atoms with Gasteiger partial charge in [0.2, 0.25) is 0 Å². The van der Waals surface area contributed by atoms with E-state index in [1.807, 2.05) is 24.3 Å². The van der Waals surface area contributed by atoms with Gasteiger partial charge < -0.3 is 0 Å². The summed E-state index contributed by atoms with van der Waals surface area (Å²) >= 11 is 5.97. The van der Waals surface area contributed by atoms with Gasteiger partial charge in [-0.25, -0.2) is 19.3 Å². The van der Waals surface area contributed by atoms with Gasteiger partial charge in [0.25, 0.3) is 0 Å². The van der Waals surface area contributed by atoms with Crippen molar-refractivity contribution in [3.05, 3.63) is 77.7 Å². The average molecular weight is 336 g/mol. The first-order chi connectivity index (χ1) is 11.7. The van der Waals surface area contributed by atoms with Crippen molar-refractivity contribution >= 4 is 22.5 Å². The fourth-order valence-electron chi connectivity index (χ4n) is 2.50. The van der Waals surface area contributed by atoms with E-state index >= 15 is 0 Å². The highest BCUT2D eigenvalue weighted by molar-refractivity contribution is 6.30. The lowest BCUT2D eigenvalue weighted by molar-refractivity contribution is 0.631. The molecule has 5 heteroatoms. The topological polar surface area (TPSA) is 38.7 Å². The molecule has 2 aromatic carbocycles. The van der Waals surface area contributed by atoms with Crippen molar-refractivity contribution in [1.82, 2.24) is 15.0 Å². The summed E-state index contributed by atoms with van der Waals surface area (Å²) in [6, 6.07) is 17.5. The summed E-state index contributed by atoms with van der Waals surface area (Å²) in [5.74, 6) is 0.126. The maximum absolute atomic E-state index is 14.1. The van der Waals surface area contributed by atoms with Gasteiger partial charge in [-0.3, -0.25) is 0 Å². The molecule has 24 heavy (non-hydrogen) atoms. The van der Waals surface area contributed by atoms with Crippen molar-refractivity contribution in [2.45, 2.75) is 0 Å². The number of benzene rings is 2. The third-order valence-corrected chi connectivity index (χ3v) is 3.91. The first kappa shape index (κ1) is 14.7. The molecule has 0 saturated carbocycles. The van der Waals surface area contributed by atoms with E-state index in [9.17, 15) is 4.39 Å². The van der Waals surface area contributed by atoms with Crippen molar-refractivity contribution in [1.29, 1.82) is 0 Å². The Labute approximate surface area is 142 Å². The molecule has 116 valence electrons. The monoisotopic (exact) mass is 335 g/mol. The second-order valence-corrected chi connectivity index (χ2v) is 5.72. The van der Waals surface area contributed by atoms with Gasteiger partial charge in [-0.2, -0.15) is 0 Å². The van der Waals surface area contributed by atoms with Gasteiger partial charge in [-0.05, 0) is 36.4 Å². The van der Waals surface area contributed by atoms with Gasteiger partial charge in [-0.15, -0.1) is 0 Å². The van der Waals surface area contributed by atoms with E-state index in [0.717, 1.165) is 10.9 Å². The molecule has 3 nitrogen and oxygen atoms in total. The van der Waals surface area contributed by atoms with Crippen LogP contribution in [0.5, 0.6) is 0 Å². The standard InChI is InChI=1S/C19H11ClFN3/c20-13-8-9-15(21)14(10-13)17-6-3-7-18(23-17)19-22-11-12-4-1-2-5-16(12)24-19/h1-11H. The molecule has 0 N–H and O–H groups in total. The zero-order valence-corrected chi connectivity index (χ0v) is 13.2. The third kappa shape index (κ3) is 2.72. The predicted molar refractivity (Wildman–Crippen MR) is 93.2 cm³/mol. The van der Waals surface area contributed by atoms with Crippen LogP contribution in [-0.2, 0) is 0 Å². The minimum Gasteiger partial charge on any atom is -0.244 e. The number of halogens is 2. The number of fused-ring (bicyclic) bond motifs is 1.